The minimum atomic E-state index is -0.876. The van der Waals surface area contributed by atoms with E-state index < -0.39 is 71.9 Å². The van der Waals surface area contributed by atoms with E-state index in [4.69, 9.17) is 33.4 Å². The molecule has 0 spiro atoms. The van der Waals surface area contributed by atoms with Crippen molar-refractivity contribution in [2.45, 2.75) is 94.1 Å². The molecule has 0 unspecified atom stereocenters. The number of nitrogens with zero attached hydrogens (tertiary/aromatic N) is 5. The van der Waals surface area contributed by atoms with Crippen LogP contribution in [0.2, 0.25) is 0 Å². The highest BCUT2D eigenvalue weighted by atomic mass is 32.2. The Morgan fingerprint density at radius 3 is 2.32 bits per heavy atom. The third-order valence-corrected chi connectivity index (χ3v) is 9.14. The van der Waals surface area contributed by atoms with Gasteiger partial charge in [-0.3, -0.25) is 18.9 Å². The highest BCUT2D eigenvalue weighted by Gasteiger charge is 2.57. The van der Waals surface area contributed by atoms with E-state index in [0.717, 1.165) is 0 Å². The van der Waals surface area contributed by atoms with Crippen LogP contribution in [0.25, 0.3) is 11.2 Å². The summed E-state index contributed by atoms with van der Waals surface area (Å²) in [6.45, 7) is 7.07. The minimum Gasteiger partial charge on any atom is -0.394 e. The molecular weight excluding hydrogens is 598 g/mol. The van der Waals surface area contributed by atoms with E-state index in [2.05, 4.69) is 20.3 Å². The summed E-state index contributed by atoms with van der Waals surface area (Å²) in [5, 5.41) is 13.1. The van der Waals surface area contributed by atoms with E-state index in [0.29, 0.717) is 34.3 Å². The van der Waals surface area contributed by atoms with Crippen LogP contribution in [-0.4, -0.2) is 102 Å². The van der Waals surface area contributed by atoms with Gasteiger partial charge in [-0.1, -0.05) is 0 Å². The predicted molar refractivity (Wildman–Crippen MR) is 155 cm³/mol. The van der Waals surface area contributed by atoms with E-state index in [-0.39, 0.29) is 6.61 Å². The number of aromatic amines is 1. The van der Waals surface area contributed by atoms with Gasteiger partial charge in [-0.05, 0) is 27.7 Å². The molecule has 4 aliphatic rings. The van der Waals surface area contributed by atoms with Crippen molar-refractivity contribution in [3.63, 3.8) is 0 Å². The summed E-state index contributed by atoms with van der Waals surface area (Å²) in [7, 11) is 1.76. The molecule has 0 saturated carbocycles. The number of fused-ring (bicyclic) bond motifs is 3. The summed E-state index contributed by atoms with van der Waals surface area (Å²) in [6.07, 6.45) is -1.57. The molecule has 4 fully saturated rings. The normalized spacial score (nSPS) is 33.6. The number of aliphatic hydroxyl groups is 1. The SMILES string of the molecule is CNc1ncnc2c1nc(CSC[C@H]1O[C@@H](n3ccc(=O)[nH]c3=O)[C@@H]3OC(C)(C)O[C@@H]31)n2[C@@H]1O[C@H](CO)[C@H]2OC(C)(C)O[C@H]21. The number of rotatable bonds is 8. The van der Waals surface area contributed by atoms with Gasteiger partial charge in [0.15, 0.2) is 41.0 Å². The maximum Gasteiger partial charge on any atom is 0.330 e. The van der Waals surface area contributed by atoms with Crippen molar-refractivity contribution < 1.29 is 33.5 Å². The summed E-state index contributed by atoms with van der Waals surface area (Å²) in [5.41, 5.74) is 0.0436. The lowest BCUT2D eigenvalue weighted by atomic mass is 10.1. The number of anilines is 1. The smallest absolute Gasteiger partial charge is 0.330 e. The monoisotopic (exact) mass is 633 g/mol. The van der Waals surface area contributed by atoms with Crippen molar-refractivity contribution in [1.82, 2.24) is 29.1 Å². The van der Waals surface area contributed by atoms with Crippen molar-refractivity contribution in [2.24, 2.45) is 0 Å². The average Bonchev–Trinajstić information content (AvgIpc) is 3.73. The van der Waals surface area contributed by atoms with Crippen LogP contribution in [0.5, 0.6) is 0 Å². The van der Waals surface area contributed by atoms with Crippen LogP contribution >= 0.6 is 11.8 Å². The van der Waals surface area contributed by atoms with Gasteiger partial charge < -0.3 is 38.8 Å². The van der Waals surface area contributed by atoms with Crippen LogP contribution in [0.1, 0.15) is 46.0 Å². The highest BCUT2D eigenvalue weighted by Crippen LogP contribution is 2.46. The fourth-order valence-electron chi connectivity index (χ4n) is 6.43. The third kappa shape index (κ3) is 5.04. The molecule has 17 heteroatoms. The van der Waals surface area contributed by atoms with E-state index >= 15 is 0 Å². The fraction of sp³-hybridized carbons (Fsp3) is 0.667. The first-order chi connectivity index (χ1) is 21.0. The van der Waals surface area contributed by atoms with Gasteiger partial charge in [-0.2, -0.15) is 11.8 Å². The maximum absolute atomic E-state index is 12.6. The zero-order valence-corrected chi connectivity index (χ0v) is 25.6. The average molecular weight is 634 g/mol. The van der Waals surface area contributed by atoms with E-state index in [1.807, 2.05) is 32.3 Å². The molecule has 3 N–H and O–H groups in total. The van der Waals surface area contributed by atoms with Gasteiger partial charge in [0.2, 0.25) is 0 Å². The zero-order valence-electron chi connectivity index (χ0n) is 24.8. The minimum absolute atomic E-state index is 0.232. The summed E-state index contributed by atoms with van der Waals surface area (Å²) < 4.78 is 40.5. The van der Waals surface area contributed by atoms with Gasteiger partial charge >= 0.3 is 5.69 Å². The quantitative estimate of drug-likeness (QED) is 0.311. The lowest BCUT2D eigenvalue weighted by Crippen LogP contribution is -2.37. The number of hydrogen-bond donors (Lipinski definition) is 3. The second-order valence-electron chi connectivity index (χ2n) is 12.0. The molecule has 238 valence electrons. The van der Waals surface area contributed by atoms with Crippen LogP contribution in [0.15, 0.2) is 28.2 Å². The second kappa shape index (κ2) is 10.9. The fourth-order valence-corrected chi connectivity index (χ4v) is 7.44. The first-order valence-electron chi connectivity index (χ1n) is 14.4. The van der Waals surface area contributed by atoms with Gasteiger partial charge in [-0.25, -0.2) is 19.7 Å². The molecule has 0 aliphatic carbocycles. The first-order valence-corrected chi connectivity index (χ1v) is 15.6. The number of ether oxygens (including phenoxy) is 6. The Morgan fingerprint density at radius 2 is 1.64 bits per heavy atom. The summed E-state index contributed by atoms with van der Waals surface area (Å²) in [5.74, 6) is 0.400. The molecule has 7 heterocycles. The zero-order chi connectivity index (χ0) is 31.0. The van der Waals surface area contributed by atoms with E-state index in [1.54, 1.807) is 18.8 Å². The van der Waals surface area contributed by atoms with Crippen molar-refractivity contribution >= 4 is 28.7 Å². The lowest BCUT2D eigenvalue weighted by Gasteiger charge is -2.25. The Balaban J connectivity index is 1.16. The lowest BCUT2D eigenvalue weighted by molar-refractivity contribution is -0.199. The Bertz CT molecular complexity index is 1680. The molecule has 7 rings (SSSR count). The van der Waals surface area contributed by atoms with Crippen LogP contribution in [0, 0.1) is 0 Å². The maximum atomic E-state index is 12.6. The number of thioether (sulfide) groups is 1. The van der Waals surface area contributed by atoms with Gasteiger partial charge in [0.05, 0.1) is 18.5 Å². The molecule has 0 amide bonds. The molecular formula is C27H35N7O9S. The predicted octanol–water partition coefficient (Wildman–Crippen LogP) is 0.479. The van der Waals surface area contributed by atoms with Crippen molar-refractivity contribution in [1.29, 1.82) is 0 Å². The highest BCUT2D eigenvalue weighted by molar-refractivity contribution is 7.98. The summed E-state index contributed by atoms with van der Waals surface area (Å²) in [4.78, 5) is 40.3. The topological polar surface area (TPSA) is 186 Å². The summed E-state index contributed by atoms with van der Waals surface area (Å²) >= 11 is 1.56. The molecule has 3 aromatic rings. The largest absolute Gasteiger partial charge is 0.394 e. The van der Waals surface area contributed by atoms with Gasteiger partial charge in [0.25, 0.3) is 5.56 Å². The standard InChI is InChI=1S/C27H35N7O9S/c1-26(2)40-17-12(8-35)38-24(20(17)43-26)34-14(31-16-21(28-5)29-11-30-22(16)34)10-44-9-13-18-19(42-27(3,4)41-18)23(39-13)33-7-6-15(36)32-25(33)37/h6-7,11-13,17-20,23-24,35H,8-10H2,1-5H3,(H,28,29,30)(H,32,36,37)/t12-,13-,17-,18-,19-,20-,23-,24-/m1/s1. The van der Waals surface area contributed by atoms with Crippen molar-refractivity contribution in [3.8, 4) is 0 Å². The first kappa shape index (κ1) is 29.8. The Kier molecular flexibility index (Phi) is 7.36. The second-order valence-corrected chi connectivity index (χ2v) is 13.0. The Hall–Kier alpha value is -2.90. The molecule has 16 nitrogen and oxygen atoms in total. The van der Waals surface area contributed by atoms with Gasteiger partial charge in [0, 0.05) is 25.1 Å². The number of imidazole rings is 1. The summed E-state index contributed by atoms with van der Waals surface area (Å²) in [6, 6.07) is 1.27. The molecule has 8 atom stereocenters. The Labute approximate surface area is 255 Å². The van der Waals surface area contributed by atoms with E-state index in [9.17, 15) is 14.7 Å². The molecule has 0 radical (unpaired) electrons. The van der Waals surface area contributed by atoms with Gasteiger partial charge in [0.1, 0.15) is 42.7 Å². The van der Waals surface area contributed by atoms with Crippen LogP contribution in [-0.2, 0) is 34.2 Å². The third-order valence-electron chi connectivity index (χ3n) is 8.11. The molecule has 4 aliphatic heterocycles. The molecule has 44 heavy (non-hydrogen) atoms. The molecule has 0 aromatic carbocycles. The Morgan fingerprint density at radius 1 is 0.977 bits per heavy atom. The molecule has 0 bridgehead atoms. The number of nitrogens with one attached hydrogen (secondary N) is 2. The van der Waals surface area contributed by atoms with E-state index in [1.165, 1.54) is 23.2 Å². The van der Waals surface area contributed by atoms with Crippen molar-refractivity contribution in [2.75, 3.05) is 24.7 Å². The number of hydrogen-bond acceptors (Lipinski definition) is 14. The number of H-pyrrole nitrogens is 1. The van der Waals surface area contributed by atoms with Crippen LogP contribution in [0.3, 0.4) is 0 Å². The number of aliphatic hydroxyl groups excluding tert-OH is 1. The van der Waals surface area contributed by atoms with Gasteiger partial charge in [-0.15, -0.1) is 0 Å². The van der Waals surface area contributed by atoms with Crippen LogP contribution in [0.4, 0.5) is 5.82 Å². The molecule has 3 aromatic heterocycles. The molecule has 4 saturated heterocycles. The van der Waals surface area contributed by atoms with Crippen molar-refractivity contribution in [3.05, 3.63) is 45.3 Å². The van der Waals surface area contributed by atoms with Crippen LogP contribution < -0.4 is 16.6 Å². The number of aromatic nitrogens is 6.